The fourth-order valence-electron chi connectivity index (χ4n) is 0. The molecular formula is C4H8O5. The zero-order valence-corrected chi connectivity index (χ0v) is 4.87. The van der Waals surface area contributed by atoms with E-state index in [0.29, 0.717) is 0 Å². The monoisotopic (exact) mass is 136 g/mol. The summed E-state index contributed by atoms with van der Waals surface area (Å²) < 4.78 is 0. The summed E-state index contributed by atoms with van der Waals surface area (Å²) in [4.78, 5) is 18.1. The minimum absolute atomic E-state index is 0.190. The number of Topliss-reactive ketones (excluding diaryl/α,β-unsaturated/α-hetero) is 1. The van der Waals surface area contributed by atoms with E-state index < -0.39 is 6.16 Å². The lowest BCUT2D eigenvalue weighted by Crippen LogP contribution is -1.93. The first-order valence-electron chi connectivity index (χ1n) is 2.03. The standard InChI is InChI=1S/C3H6O2.CH2O3/c1-3(5)2-4;2-1(3)4/h4H,2H2,1H3;(H2,2,3,4). The Hall–Kier alpha value is -1.10. The smallest absolute Gasteiger partial charge is 0.450 e. The van der Waals surface area contributed by atoms with Crippen LogP contribution in [0.2, 0.25) is 0 Å². The van der Waals surface area contributed by atoms with Crippen LogP contribution in [0.3, 0.4) is 0 Å². The van der Waals surface area contributed by atoms with Crippen molar-refractivity contribution < 1.29 is 24.9 Å². The van der Waals surface area contributed by atoms with Crippen molar-refractivity contribution in [3.8, 4) is 0 Å². The van der Waals surface area contributed by atoms with Gasteiger partial charge in [0.25, 0.3) is 0 Å². The molecule has 0 aliphatic heterocycles. The molecule has 0 spiro atoms. The second kappa shape index (κ2) is 6.90. The number of carbonyl (C=O) groups is 2. The minimum atomic E-state index is -1.83. The molecule has 0 aromatic rings. The first kappa shape index (κ1) is 10.8. The van der Waals surface area contributed by atoms with Gasteiger partial charge in [-0.1, -0.05) is 0 Å². The third kappa shape index (κ3) is 205. The van der Waals surface area contributed by atoms with Crippen LogP contribution in [0.25, 0.3) is 0 Å². The Morgan fingerprint density at radius 3 is 1.44 bits per heavy atom. The first-order chi connectivity index (χ1) is 4.00. The van der Waals surface area contributed by atoms with Gasteiger partial charge in [0, 0.05) is 0 Å². The summed E-state index contributed by atoms with van der Waals surface area (Å²) in [5.74, 6) is -0.190. The number of rotatable bonds is 1. The van der Waals surface area contributed by atoms with Crippen molar-refractivity contribution in [2.45, 2.75) is 6.92 Å². The summed E-state index contributed by atoms with van der Waals surface area (Å²) >= 11 is 0. The van der Waals surface area contributed by atoms with Gasteiger partial charge in [0.05, 0.1) is 0 Å². The molecule has 5 nitrogen and oxygen atoms in total. The number of hydrogen-bond acceptors (Lipinski definition) is 3. The zero-order chi connectivity index (χ0) is 7.86. The quantitative estimate of drug-likeness (QED) is 0.463. The molecule has 0 unspecified atom stereocenters. The molecule has 0 heterocycles. The summed E-state index contributed by atoms with van der Waals surface area (Å²) in [5.41, 5.74) is 0. The van der Waals surface area contributed by atoms with Gasteiger partial charge in [0.2, 0.25) is 0 Å². The molecule has 0 aliphatic carbocycles. The maximum absolute atomic E-state index is 9.56. The van der Waals surface area contributed by atoms with Crippen LogP contribution in [0.4, 0.5) is 4.79 Å². The lowest BCUT2D eigenvalue weighted by Gasteiger charge is -1.72. The highest BCUT2D eigenvalue weighted by molar-refractivity contribution is 5.76. The lowest BCUT2D eigenvalue weighted by atomic mass is 10.5. The van der Waals surface area contributed by atoms with Crippen molar-refractivity contribution in [3.63, 3.8) is 0 Å². The van der Waals surface area contributed by atoms with Gasteiger partial charge in [-0.15, -0.1) is 0 Å². The van der Waals surface area contributed by atoms with E-state index in [0.717, 1.165) is 0 Å². The van der Waals surface area contributed by atoms with Crippen molar-refractivity contribution in [1.82, 2.24) is 0 Å². The second-order valence-electron chi connectivity index (χ2n) is 1.14. The maximum Gasteiger partial charge on any atom is 0.503 e. The third-order valence-electron chi connectivity index (χ3n) is 0.223. The fraction of sp³-hybridized carbons (Fsp3) is 0.500. The van der Waals surface area contributed by atoms with Crippen LogP contribution < -0.4 is 0 Å². The van der Waals surface area contributed by atoms with Crippen LogP contribution in [-0.2, 0) is 4.79 Å². The summed E-state index contributed by atoms with van der Waals surface area (Å²) in [5, 5.41) is 21.7. The fourth-order valence-corrected chi connectivity index (χ4v) is 0. The first-order valence-corrected chi connectivity index (χ1v) is 2.03. The zero-order valence-electron chi connectivity index (χ0n) is 4.87. The van der Waals surface area contributed by atoms with E-state index in [1.165, 1.54) is 6.92 Å². The lowest BCUT2D eigenvalue weighted by molar-refractivity contribution is -0.119. The Kier molecular flexibility index (Phi) is 8.28. The molecule has 0 rings (SSSR count). The van der Waals surface area contributed by atoms with Gasteiger partial charge in [-0.2, -0.15) is 0 Å². The maximum atomic E-state index is 9.56. The predicted octanol–water partition coefficient (Wildman–Crippen LogP) is -0.210. The molecule has 0 radical (unpaired) electrons. The molecule has 0 aromatic carbocycles. The molecule has 0 saturated carbocycles. The van der Waals surface area contributed by atoms with Gasteiger partial charge in [-0.25, -0.2) is 4.79 Å². The van der Waals surface area contributed by atoms with Crippen molar-refractivity contribution in [1.29, 1.82) is 0 Å². The number of carbonyl (C=O) groups excluding carboxylic acids is 1. The highest BCUT2D eigenvalue weighted by Crippen LogP contribution is 1.55. The van der Waals surface area contributed by atoms with Crippen molar-refractivity contribution >= 4 is 11.9 Å². The van der Waals surface area contributed by atoms with Gasteiger partial charge in [0.1, 0.15) is 6.61 Å². The summed E-state index contributed by atoms with van der Waals surface area (Å²) in [6.07, 6.45) is -1.83. The number of carboxylic acid groups (broad SMARTS) is 2. The van der Waals surface area contributed by atoms with E-state index in [1.807, 2.05) is 0 Å². The van der Waals surface area contributed by atoms with E-state index in [9.17, 15) is 4.79 Å². The molecule has 0 amide bonds. The van der Waals surface area contributed by atoms with E-state index in [-0.39, 0.29) is 12.4 Å². The van der Waals surface area contributed by atoms with E-state index >= 15 is 0 Å². The topological polar surface area (TPSA) is 94.8 Å². The van der Waals surface area contributed by atoms with E-state index in [4.69, 9.17) is 20.1 Å². The normalized spacial score (nSPS) is 6.89. The van der Waals surface area contributed by atoms with Crippen LogP contribution in [0, 0.1) is 0 Å². The van der Waals surface area contributed by atoms with E-state index in [1.54, 1.807) is 0 Å². The van der Waals surface area contributed by atoms with Gasteiger partial charge in [-0.05, 0) is 6.92 Å². The Labute approximate surface area is 51.5 Å². The Morgan fingerprint density at radius 2 is 1.44 bits per heavy atom. The second-order valence-corrected chi connectivity index (χ2v) is 1.14. The molecule has 3 N–H and O–H groups in total. The highest BCUT2D eigenvalue weighted by atomic mass is 16.6. The van der Waals surface area contributed by atoms with Crippen LogP contribution in [0.5, 0.6) is 0 Å². The molecule has 0 bridgehead atoms. The van der Waals surface area contributed by atoms with Crippen molar-refractivity contribution in [2.24, 2.45) is 0 Å². The molecule has 5 heteroatoms. The number of aliphatic hydroxyl groups excluding tert-OH is 1. The SMILES string of the molecule is CC(=O)CO.O=C(O)O. The molecule has 0 aromatic heterocycles. The Balaban J connectivity index is 0. The molecule has 0 aliphatic rings. The van der Waals surface area contributed by atoms with Crippen LogP contribution in [-0.4, -0.2) is 33.9 Å². The van der Waals surface area contributed by atoms with E-state index in [2.05, 4.69) is 0 Å². The average molecular weight is 136 g/mol. The van der Waals surface area contributed by atoms with Crippen molar-refractivity contribution in [3.05, 3.63) is 0 Å². The number of hydrogen-bond donors (Lipinski definition) is 3. The van der Waals surface area contributed by atoms with Gasteiger partial charge in [-0.3, -0.25) is 4.79 Å². The summed E-state index contributed by atoms with van der Waals surface area (Å²) in [7, 11) is 0. The minimum Gasteiger partial charge on any atom is -0.450 e. The van der Waals surface area contributed by atoms with Gasteiger partial charge >= 0.3 is 6.16 Å². The molecule has 0 fully saturated rings. The highest BCUT2D eigenvalue weighted by Gasteiger charge is 1.78. The van der Waals surface area contributed by atoms with Gasteiger partial charge < -0.3 is 15.3 Å². The summed E-state index contributed by atoms with van der Waals surface area (Å²) in [6, 6.07) is 0. The van der Waals surface area contributed by atoms with Crippen molar-refractivity contribution in [2.75, 3.05) is 6.61 Å². The molecule has 9 heavy (non-hydrogen) atoms. The van der Waals surface area contributed by atoms with Gasteiger partial charge in [0.15, 0.2) is 5.78 Å². The molecular weight excluding hydrogens is 128 g/mol. The van der Waals surface area contributed by atoms with Crippen LogP contribution >= 0.6 is 0 Å². The van der Waals surface area contributed by atoms with Crippen LogP contribution in [0.15, 0.2) is 0 Å². The summed E-state index contributed by atoms with van der Waals surface area (Å²) in [6.45, 7) is 1.000. The molecule has 54 valence electrons. The largest absolute Gasteiger partial charge is 0.503 e. The molecule has 0 atom stereocenters. The molecule has 0 saturated heterocycles. The number of aliphatic hydroxyl groups is 1. The number of ketones is 1. The Bertz CT molecular complexity index is 93.1. The average Bonchev–Trinajstić information content (AvgIpc) is 1.65. The predicted molar refractivity (Wildman–Crippen MR) is 28.4 cm³/mol. The van der Waals surface area contributed by atoms with Crippen LogP contribution in [0.1, 0.15) is 6.92 Å². The third-order valence-corrected chi connectivity index (χ3v) is 0.223. The Morgan fingerprint density at radius 1 is 1.33 bits per heavy atom.